The molecule has 1 aliphatic heterocycles. The maximum Gasteiger partial charge on any atom is 0.410 e. The van der Waals surface area contributed by atoms with E-state index in [9.17, 15) is 14.4 Å². The molecule has 0 aliphatic carbocycles. The molecule has 1 saturated heterocycles. The summed E-state index contributed by atoms with van der Waals surface area (Å²) in [4.78, 5) is 42.0. The van der Waals surface area contributed by atoms with E-state index in [0.29, 0.717) is 43.4 Å². The molecule has 0 saturated carbocycles. The van der Waals surface area contributed by atoms with Gasteiger partial charge in [-0.2, -0.15) is 0 Å². The van der Waals surface area contributed by atoms with Gasteiger partial charge in [-0.15, -0.1) is 0 Å². The predicted octanol–water partition coefficient (Wildman–Crippen LogP) is 4.69. The van der Waals surface area contributed by atoms with Crippen LogP contribution in [0.3, 0.4) is 0 Å². The van der Waals surface area contributed by atoms with Crippen LogP contribution in [0.15, 0.2) is 53.3 Å². The lowest BCUT2D eigenvalue weighted by Crippen LogP contribution is -2.48. The van der Waals surface area contributed by atoms with E-state index in [1.165, 1.54) is 7.11 Å². The first kappa shape index (κ1) is 29.0. The van der Waals surface area contributed by atoms with Crippen LogP contribution in [0.2, 0.25) is 0 Å². The van der Waals surface area contributed by atoms with Crippen LogP contribution in [-0.2, 0) is 18.3 Å². The van der Waals surface area contributed by atoms with Gasteiger partial charge in [0.25, 0.3) is 11.5 Å². The molecule has 0 radical (unpaired) electrons. The number of carbonyl (C=O) groups excluding carboxylic acids is 2. The Kier molecular flexibility index (Phi) is 7.90. The van der Waals surface area contributed by atoms with Crippen LogP contribution < -0.4 is 20.3 Å². The molecule has 42 heavy (non-hydrogen) atoms. The lowest BCUT2D eigenvalue weighted by atomic mass is 10.1. The van der Waals surface area contributed by atoms with Gasteiger partial charge >= 0.3 is 6.09 Å². The molecular formula is C32H38N4O6. The number of hydrogen-bond acceptors (Lipinski definition) is 6. The molecule has 0 bridgehead atoms. The van der Waals surface area contributed by atoms with Gasteiger partial charge in [-0.05, 0) is 57.4 Å². The van der Waals surface area contributed by atoms with Gasteiger partial charge in [0.15, 0.2) is 11.4 Å². The number of pyridine rings is 1. The zero-order valence-corrected chi connectivity index (χ0v) is 25.0. The van der Waals surface area contributed by atoms with Gasteiger partial charge in [-0.25, -0.2) is 4.79 Å². The van der Waals surface area contributed by atoms with Crippen LogP contribution in [0.4, 0.5) is 4.79 Å². The highest BCUT2D eigenvalue weighted by atomic mass is 16.6. The summed E-state index contributed by atoms with van der Waals surface area (Å²) in [6.45, 7) is 6.82. The molecule has 0 atom stereocenters. The van der Waals surface area contributed by atoms with E-state index < -0.39 is 5.60 Å². The smallest absolute Gasteiger partial charge is 0.410 e. The fourth-order valence-corrected chi connectivity index (χ4v) is 5.64. The van der Waals surface area contributed by atoms with Gasteiger partial charge in [0, 0.05) is 31.6 Å². The molecule has 0 unspecified atom stereocenters. The number of rotatable bonds is 6. The van der Waals surface area contributed by atoms with Crippen molar-refractivity contribution >= 4 is 33.8 Å². The molecule has 2 aromatic carbocycles. The monoisotopic (exact) mass is 574 g/mol. The predicted molar refractivity (Wildman–Crippen MR) is 162 cm³/mol. The summed E-state index contributed by atoms with van der Waals surface area (Å²) >= 11 is 0. The molecule has 3 heterocycles. The number of fused-ring (bicyclic) bond motifs is 3. The Morgan fingerprint density at radius 2 is 1.64 bits per heavy atom. The summed E-state index contributed by atoms with van der Waals surface area (Å²) < 4.78 is 20.0. The van der Waals surface area contributed by atoms with Gasteiger partial charge < -0.3 is 33.6 Å². The summed E-state index contributed by atoms with van der Waals surface area (Å²) in [5.74, 6) is 0.657. The first-order valence-corrected chi connectivity index (χ1v) is 14.1. The molecule has 10 nitrogen and oxygen atoms in total. The number of para-hydroxylation sites is 1. The molecule has 1 N–H and O–H groups in total. The fraction of sp³-hybridized carbons (Fsp3) is 0.406. The third kappa shape index (κ3) is 5.53. The number of methoxy groups -OCH3 is 2. The number of amides is 2. The molecule has 10 heteroatoms. The van der Waals surface area contributed by atoms with Crippen LogP contribution in [0.5, 0.6) is 11.5 Å². The third-order valence-electron chi connectivity index (χ3n) is 7.66. The maximum absolute atomic E-state index is 14.1. The molecule has 5 rings (SSSR count). The first-order valence-electron chi connectivity index (χ1n) is 14.1. The summed E-state index contributed by atoms with van der Waals surface area (Å²) in [7, 11) is 4.88. The Labute approximate surface area is 244 Å². The lowest BCUT2D eigenvalue weighted by molar-refractivity contribution is 0.0199. The van der Waals surface area contributed by atoms with Crippen LogP contribution in [0, 0.1) is 0 Å². The second kappa shape index (κ2) is 11.4. The average molecular weight is 575 g/mol. The minimum atomic E-state index is -0.565. The number of aromatic nitrogens is 2. The van der Waals surface area contributed by atoms with Crippen molar-refractivity contribution in [3.8, 4) is 11.5 Å². The molecule has 1 aliphatic rings. The number of aryl methyl sites for hydroxylation is 1. The van der Waals surface area contributed by atoms with Crippen LogP contribution in [-0.4, -0.2) is 65.0 Å². The minimum absolute atomic E-state index is 0.137. The topological polar surface area (TPSA) is 104 Å². The highest BCUT2D eigenvalue weighted by Crippen LogP contribution is 2.35. The summed E-state index contributed by atoms with van der Waals surface area (Å²) in [5.41, 5.74) is 1.82. The third-order valence-corrected chi connectivity index (χ3v) is 7.66. The van der Waals surface area contributed by atoms with E-state index in [1.807, 2.05) is 69.3 Å². The Morgan fingerprint density at radius 3 is 2.26 bits per heavy atom. The van der Waals surface area contributed by atoms with Crippen molar-refractivity contribution < 1.29 is 23.8 Å². The second-order valence-corrected chi connectivity index (χ2v) is 11.6. The normalized spacial score (nSPS) is 14.3. The van der Waals surface area contributed by atoms with E-state index in [2.05, 4.69) is 5.32 Å². The molecule has 0 spiro atoms. The number of ether oxygens (including phenoxy) is 3. The number of nitrogens with zero attached hydrogens (tertiary/aromatic N) is 3. The standard InChI is InChI=1S/C32H38N4O6/c1-32(2,3)42-31(39)35-17-15-21(16-18-35)33-29(37)27-28(41-6)25-26(34(27)4)23-9-7-8-10-24(23)36(30(25)38)19-20-11-13-22(40-5)14-12-20/h7-14,21H,15-19H2,1-6H3,(H,33,37). The minimum Gasteiger partial charge on any atom is -0.497 e. The Morgan fingerprint density at radius 1 is 0.976 bits per heavy atom. The summed E-state index contributed by atoms with van der Waals surface area (Å²) in [6, 6.07) is 15.1. The van der Waals surface area contributed by atoms with Crippen LogP contribution in [0.1, 0.15) is 49.7 Å². The molecule has 2 amide bonds. The van der Waals surface area contributed by atoms with Crippen molar-refractivity contribution in [1.29, 1.82) is 0 Å². The van der Waals surface area contributed by atoms with Crippen molar-refractivity contribution in [3.63, 3.8) is 0 Å². The van der Waals surface area contributed by atoms with Gasteiger partial charge in [-0.1, -0.05) is 30.3 Å². The Bertz CT molecular complexity index is 1690. The number of nitrogens with one attached hydrogen (secondary N) is 1. The number of likely N-dealkylation sites (tertiary alicyclic amines) is 1. The van der Waals surface area contributed by atoms with Gasteiger partial charge in [0.2, 0.25) is 0 Å². The quantitative estimate of drug-likeness (QED) is 0.359. The van der Waals surface area contributed by atoms with Crippen molar-refractivity contribution in [2.24, 2.45) is 7.05 Å². The van der Waals surface area contributed by atoms with E-state index in [0.717, 1.165) is 22.2 Å². The van der Waals surface area contributed by atoms with Crippen molar-refractivity contribution in [2.45, 2.75) is 51.8 Å². The first-order chi connectivity index (χ1) is 20.0. The van der Waals surface area contributed by atoms with Crippen molar-refractivity contribution in [3.05, 3.63) is 70.1 Å². The van der Waals surface area contributed by atoms with Gasteiger partial charge in [-0.3, -0.25) is 9.59 Å². The average Bonchev–Trinajstić information content (AvgIpc) is 3.27. The second-order valence-electron chi connectivity index (χ2n) is 11.6. The SMILES string of the molecule is COc1ccc(Cn2c(=O)c3c(OC)c(C(=O)NC4CCN(C(=O)OC(C)(C)C)CC4)n(C)c3c3ccccc32)cc1. The molecule has 4 aromatic rings. The van der Waals surface area contributed by atoms with E-state index in [1.54, 1.807) is 28.2 Å². The number of hydrogen-bond donors (Lipinski definition) is 1. The summed E-state index contributed by atoms with van der Waals surface area (Å²) in [6.07, 6.45) is 0.837. The highest BCUT2D eigenvalue weighted by molar-refractivity contribution is 6.12. The van der Waals surface area contributed by atoms with E-state index >= 15 is 0 Å². The highest BCUT2D eigenvalue weighted by Gasteiger charge is 2.31. The van der Waals surface area contributed by atoms with E-state index in [-0.39, 0.29) is 35.0 Å². The number of benzene rings is 2. The molecule has 2 aromatic heterocycles. The lowest BCUT2D eigenvalue weighted by Gasteiger charge is -2.33. The van der Waals surface area contributed by atoms with Crippen molar-refractivity contribution in [2.75, 3.05) is 27.3 Å². The van der Waals surface area contributed by atoms with Crippen LogP contribution in [0.25, 0.3) is 21.8 Å². The molecule has 1 fully saturated rings. The van der Waals surface area contributed by atoms with Crippen LogP contribution >= 0.6 is 0 Å². The largest absolute Gasteiger partial charge is 0.497 e. The van der Waals surface area contributed by atoms with Gasteiger partial charge in [0.1, 0.15) is 16.7 Å². The van der Waals surface area contributed by atoms with E-state index in [4.69, 9.17) is 14.2 Å². The maximum atomic E-state index is 14.1. The zero-order chi connectivity index (χ0) is 30.2. The molecular weight excluding hydrogens is 536 g/mol. The summed E-state index contributed by atoms with van der Waals surface area (Å²) in [5, 5.41) is 4.31. The Balaban J connectivity index is 1.48. The van der Waals surface area contributed by atoms with Gasteiger partial charge in [0.05, 0.1) is 31.8 Å². The number of piperidine rings is 1. The van der Waals surface area contributed by atoms with Crippen molar-refractivity contribution in [1.82, 2.24) is 19.4 Å². The molecule has 222 valence electrons. The zero-order valence-electron chi connectivity index (χ0n) is 25.0. The Hall–Kier alpha value is -4.47. The number of carbonyl (C=O) groups is 2. The fourth-order valence-electron chi connectivity index (χ4n) is 5.64.